The van der Waals surface area contributed by atoms with Crippen molar-refractivity contribution in [2.24, 2.45) is 0 Å². The lowest BCUT2D eigenvalue weighted by molar-refractivity contribution is -0.122. The summed E-state index contributed by atoms with van der Waals surface area (Å²) in [5, 5.41) is 3.01. The topological polar surface area (TPSA) is 47.6 Å². The van der Waals surface area contributed by atoms with Gasteiger partial charge < -0.3 is 14.8 Å². The van der Waals surface area contributed by atoms with Crippen LogP contribution in [0.1, 0.15) is 37.8 Å². The summed E-state index contributed by atoms with van der Waals surface area (Å²) in [7, 11) is 1.61. The van der Waals surface area contributed by atoms with Crippen LogP contribution < -0.4 is 14.8 Å². The maximum atomic E-state index is 12.5. The number of ether oxygens (including phenoxy) is 2. The molecule has 0 heterocycles. The molecule has 2 aromatic carbocycles. The SMILES string of the molecule is COc1ccc(O[C@H](C)C(=O)Nc2c(C)cccc2C(C)C)cc1. The van der Waals surface area contributed by atoms with Crippen LogP contribution in [0, 0.1) is 6.92 Å². The van der Waals surface area contributed by atoms with Gasteiger partial charge in [0.1, 0.15) is 11.5 Å². The number of anilines is 1. The van der Waals surface area contributed by atoms with Crippen LogP contribution in [0.5, 0.6) is 11.5 Å². The quantitative estimate of drug-likeness (QED) is 0.848. The van der Waals surface area contributed by atoms with E-state index in [0.29, 0.717) is 11.7 Å². The summed E-state index contributed by atoms with van der Waals surface area (Å²) >= 11 is 0. The molecular formula is C20H25NO3. The van der Waals surface area contributed by atoms with Crippen LogP contribution in [0.3, 0.4) is 0 Å². The van der Waals surface area contributed by atoms with Gasteiger partial charge in [0.25, 0.3) is 5.91 Å². The summed E-state index contributed by atoms with van der Waals surface area (Å²) in [4.78, 5) is 12.5. The standard InChI is InChI=1S/C20H25NO3/c1-13(2)18-8-6-7-14(3)19(18)21-20(22)15(4)24-17-11-9-16(23-5)10-12-17/h6-13,15H,1-5H3,(H,21,22)/t15-/m1/s1. The van der Waals surface area contributed by atoms with Gasteiger partial charge in [0.2, 0.25) is 0 Å². The van der Waals surface area contributed by atoms with Gasteiger partial charge in [0.15, 0.2) is 6.10 Å². The van der Waals surface area contributed by atoms with E-state index in [1.54, 1.807) is 38.3 Å². The summed E-state index contributed by atoms with van der Waals surface area (Å²) < 4.78 is 10.8. The Balaban J connectivity index is 2.09. The first kappa shape index (κ1) is 17.9. The molecule has 0 radical (unpaired) electrons. The molecule has 1 amide bonds. The number of aryl methyl sites for hydroxylation is 1. The Kier molecular flexibility index (Phi) is 5.85. The van der Waals surface area contributed by atoms with Gasteiger partial charge in [-0.3, -0.25) is 4.79 Å². The molecule has 2 rings (SSSR count). The predicted octanol–water partition coefficient (Wildman–Crippen LogP) is 4.53. The second-order valence-corrected chi connectivity index (χ2v) is 6.12. The van der Waals surface area contributed by atoms with Crippen molar-refractivity contribution in [2.45, 2.75) is 39.7 Å². The molecule has 1 atom stereocenters. The molecule has 4 nitrogen and oxygen atoms in total. The first-order valence-corrected chi connectivity index (χ1v) is 8.13. The molecule has 4 heteroatoms. The summed E-state index contributed by atoms with van der Waals surface area (Å²) in [6, 6.07) is 13.2. The fraction of sp³-hybridized carbons (Fsp3) is 0.350. The zero-order valence-corrected chi connectivity index (χ0v) is 14.9. The Morgan fingerprint density at radius 1 is 1.00 bits per heavy atom. The predicted molar refractivity (Wildman–Crippen MR) is 97.0 cm³/mol. The Morgan fingerprint density at radius 3 is 2.21 bits per heavy atom. The fourth-order valence-corrected chi connectivity index (χ4v) is 2.48. The highest BCUT2D eigenvalue weighted by molar-refractivity contribution is 5.95. The molecule has 0 unspecified atom stereocenters. The van der Waals surface area contributed by atoms with Crippen molar-refractivity contribution < 1.29 is 14.3 Å². The number of carbonyl (C=O) groups is 1. The van der Waals surface area contributed by atoms with Crippen LogP contribution in [0.2, 0.25) is 0 Å². The average Bonchev–Trinajstić information content (AvgIpc) is 2.57. The van der Waals surface area contributed by atoms with Crippen LogP contribution in [0.15, 0.2) is 42.5 Å². The average molecular weight is 327 g/mol. The van der Waals surface area contributed by atoms with Gasteiger partial charge in [-0.2, -0.15) is 0 Å². The normalized spacial score (nSPS) is 11.9. The minimum absolute atomic E-state index is 0.165. The van der Waals surface area contributed by atoms with Crippen molar-refractivity contribution >= 4 is 11.6 Å². The molecule has 24 heavy (non-hydrogen) atoms. The Labute approximate surface area is 143 Å². The molecule has 0 aliphatic rings. The van der Waals surface area contributed by atoms with Gasteiger partial charge in [-0.1, -0.05) is 32.0 Å². The zero-order chi connectivity index (χ0) is 17.7. The van der Waals surface area contributed by atoms with Crippen LogP contribution in [0.25, 0.3) is 0 Å². The van der Waals surface area contributed by atoms with Crippen molar-refractivity contribution in [3.8, 4) is 11.5 Å². The summed E-state index contributed by atoms with van der Waals surface area (Å²) in [6.07, 6.45) is -0.599. The first-order valence-electron chi connectivity index (χ1n) is 8.13. The zero-order valence-electron chi connectivity index (χ0n) is 14.9. The van der Waals surface area contributed by atoms with E-state index in [-0.39, 0.29) is 5.91 Å². The van der Waals surface area contributed by atoms with Crippen molar-refractivity contribution in [2.75, 3.05) is 12.4 Å². The van der Waals surface area contributed by atoms with E-state index in [9.17, 15) is 4.79 Å². The van der Waals surface area contributed by atoms with Gasteiger partial charge in [-0.25, -0.2) is 0 Å². The number of methoxy groups -OCH3 is 1. The van der Waals surface area contributed by atoms with Crippen molar-refractivity contribution in [1.29, 1.82) is 0 Å². The molecule has 0 bridgehead atoms. The number of nitrogens with one attached hydrogen (secondary N) is 1. The lowest BCUT2D eigenvalue weighted by Crippen LogP contribution is -2.30. The monoisotopic (exact) mass is 327 g/mol. The second kappa shape index (κ2) is 7.86. The molecule has 0 aliphatic heterocycles. The van der Waals surface area contributed by atoms with Crippen LogP contribution in [-0.4, -0.2) is 19.1 Å². The van der Waals surface area contributed by atoms with E-state index < -0.39 is 6.10 Å². The van der Waals surface area contributed by atoms with Crippen LogP contribution >= 0.6 is 0 Å². The lowest BCUT2D eigenvalue weighted by Gasteiger charge is -2.19. The van der Waals surface area contributed by atoms with Gasteiger partial charge in [-0.05, 0) is 55.2 Å². The second-order valence-electron chi connectivity index (χ2n) is 6.12. The number of hydrogen-bond acceptors (Lipinski definition) is 3. The molecule has 0 aliphatic carbocycles. The van der Waals surface area contributed by atoms with Crippen LogP contribution in [0.4, 0.5) is 5.69 Å². The van der Waals surface area contributed by atoms with Gasteiger partial charge in [0.05, 0.1) is 7.11 Å². The van der Waals surface area contributed by atoms with E-state index >= 15 is 0 Å². The summed E-state index contributed by atoms with van der Waals surface area (Å²) in [6.45, 7) is 7.97. The summed E-state index contributed by atoms with van der Waals surface area (Å²) in [5.41, 5.74) is 3.05. The Bertz CT molecular complexity index is 693. The molecule has 0 saturated heterocycles. The number of hydrogen-bond donors (Lipinski definition) is 1. The maximum Gasteiger partial charge on any atom is 0.265 e. The molecule has 2 aromatic rings. The van der Waals surface area contributed by atoms with E-state index in [1.165, 1.54) is 0 Å². The highest BCUT2D eigenvalue weighted by Crippen LogP contribution is 2.27. The molecule has 128 valence electrons. The maximum absolute atomic E-state index is 12.5. The number of rotatable bonds is 6. The van der Waals surface area contributed by atoms with Gasteiger partial charge >= 0.3 is 0 Å². The summed E-state index contributed by atoms with van der Waals surface area (Å²) in [5.74, 6) is 1.55. The van der Waals surface area contributed by atoms with Gasteiger partial charge in [-0.15, -0.1) is 0 Å². The van der Waals surface area contributed by atoms with E-state index in [2.05, 4.69) is 19.2 Å². The third-order valence-electron chi connectivity index (χ3n) is 3.92. The first-order chi connectivity index (χ1) is 11.4. The number of carbonyl (C=O) groups excluding carboxylic acids is 1. The highest BCUT2D eigenvalue weighted by atomic mass is 16.5. The molecule has 0 spiro atoms. The van der Waals surface area contributed by atoms with E-state index in [0.717, 1.165) is 22.6 Å². The minimum Gasteiger partial charge on any atom is -0.497 e. The smallest absolute Gasteiger partial charge is 0.265 e. The molecule has 0 saturated carbocycles. The van der Waals surface area contributed by atoms with Crippen molar-refractivity contribution in [3.63, 3.8) is 0 Å². The van der Waals surface area contributed by atoms with E-state index in [1.807, 2.05) is 25.1 Å². The molecule has 0 fully saturated rings. The third-order valence-corrected chi connectivity index (χ3v) is 3.92. The molecule has 0 aromatic heterocycles. The van der Waals surface area contributed by atoms with Gasteiger partial charge in [0, 0.05) is 5.69 Å². The third kappa shape index (κ3) is 4.28. The Morgan fingerprint density at radius 2 is 1.62 bits per heavy atom. The number of amides is 1. The minimum atomic E-state index is -0.599. The Hall–Kier alpha value is -2.49. The molecule has 1 N–H and O–H groups in total. The number of benzene rings is 2. The lowest BCUT2D eigenvalue weighted by atomic mass is 9.98. The fourth-order valence-electron chi connectivity index (χ4n) is 2.48. The molecular weight excluding hydrogens is 302 g/mol. The van der Waals surface area contributed by atoms with E-state index in [4.69, 9.17) is 9.47 Å². The van der Waals surface area contributed by atoms with Crippen molar-refractivity contribution in [3.05, 3.63) is 53.6 Å². The highest BCUT2D eigenvalue weighted by Gasteiger charge is 2.18. The largest absolute Gasteiger partial charge is 0.497 e. The van der Waals surface area contributed by atoms with Crippen LogP contribution in [-0.2, 0) is 4.79 Å². The van der Waals surface area contributed by atoms with Crippen molar-refractivity contribution in [1.82, 2.24) is 0 Å². The number of para-hydroxylation sites is 1.